The van der Waals surface area contributed by atoms with Gasteiger partial charge in [-0.2, -0.15) is 18.3 Å². The van der Waals surface area contributed by atoms with E-state index in [1.54, 1.807) is 24.0 Å². The van der Waals surface area contributed by atoms with Crippen LogP contribution in [0.25, 0.3) is 0 Å². The molecule has 1 aromatic carbocycles. The van der Waals surface area contributed by atoms with Crippen LogP contribution in [0.1, 0.15) is 11.1 Å². The summed E-state index contributed by atoms with van der Waals surface area (Å²) in [5.74, 6) is 0.523. The summed E-state index contributed by atoms with van der Waals surface area (Å²) in [6.45, 7) is 1.52. The van der Waals surface area contributed by atoms with E-state index in [0.717, 1.165) is 12.1 Å². The average molecular weight is 453 g/mol. The summed E-state index contributed by atoms with van der Waals surface area (Å²) in [6.07, 6.45) is -0.791. The van der Waals surface area contributed by atoms with E-state index < -0.39 is 11.7 Å². The van der Waals surface area contributed by atoms with Crippen LogP contribution in [0.3, 0.4) is 0 Å². The van der Waals surface area contributed by atoms with E-state index >= 15 is 0 Å². The molecule has 0 saturated heterocycles. The number of benzene rings is 1. The molecular weight excluding hydrogens is 434 g/mol. The Hall–Kier alpha value is -1.78. The van der Waals surface area contributed by atoms with E-state index in [1.807, 2.05) is 12.3 Å². The number of halogens is 4. The molecule has 0 spiro atoms. The van der Waals surface area contributed by atoms with Crippen molar-refractivity contribution in [3.05, 3.63) is 53.9 Å². The van der Waals surface area contributed by atoms with Crippen LogP contribution in [0.2, 0.25) is 0 Å². The lowest BCUT2D eigenvalue weighted by Crippen LogP contribution is -2.38. The summed E-state index contributed by atoms with van der Waals surface area (Å²) < 4.78 is 39.8. The van der Waals surface area contributed by atoms with Crippen molar-refractivity contribution in [2.24, 2.45) is 4.99 Å². The highest BCUT2D eigenvalue weighted by molar-refractivity contribution is 14.0. The predicted molar refractivity (Wildman–Crippen MR) is 97.3 cm³/mol. The van der Waals surface area contributed by atoms with Gasteiger partial charge >= 0.3 is 6.18 Å². The van der Waals surface area contributed by atoms with Gasteiger partial charge in [-0.05, 0) is 23.8 Å². The first-order valence-corrected chi connectivity index (χ1v) is 7.07. The van der Waals surface area contributed by atoms with Crippen LogP contribution < -0.4 is 10.6 Å². The lowest BCUT2D eigenvalue weighted by molar-refractivity contribution is -0.137. The molecule has 132 valence electrons. The fraction of sp³-hybridized carbons (Fsp3) is 0.333. The Labute approximate surface area is 155 Å². The number of nitrogens with zero attached hydrogens (tertiary/aromatic N) is 3. The van der Waals surface area contributed by atoms with Gasteiger partial charge in [0.25, 0.3) is 0 Å². The molecule has 1 aromatic heterocycles. The molecule has 5 nitrogen and oxygen atoms in total. The lowest BCUT2D eigenvalue weighted by Gasteiger charge is -2.13. The maximum atomic E-state index is 12.7. The van der Waals surface area contributed by atoms with Crippen molar-refractivity contribution in [3.8, 4) is 0 Å². The molecule has 2 aromatic rings. The smallest absolute Gasteiger partial charge is 0.355 e. The lowest BCUT2D eigenvalue weighted by atomic mass is 10.1. The van der Waals surface area contributed by atoms with Crippen LogP contribution in [-0.4, -0.2) is 29.3 Å². The largest absolute Gasteiger partial charge is 0.416 e. The van der Waals surface area contributed by atoms with Crippen molar-refractivity contribution in [2.45, 2.75) is 19.3 Å². The zero-order chi connectivity index (χ0) is 16.7. The molecule has 0 saturated carbocycles. The summed E-state index contributed by atoms with van der Waals surface area (Å²) in [7, 11) is 1.61. The number of guanidine groups is 1. The Bertz CT molecular complexity index is 641. The van der Waals surface area contributed by atoms with Gasteiger partial charge < -0.3 is 10.6 Å². The van der Waals surface area contributed by atoms with Gasteiger partial charge in [0.1, 0.15) is 0 Å². The van der Waals surface area contributed by atoms with Gasteiger partial charge in [-0.3, -0.25) is 9.67 Å². The zero-order valence-corrected chi connectivity index (χ0v) is 15.4. The van der Waals surface area contributed by atoms with E-state index in [1.165, 1.54) is 6.07 Å². The van der Waals surface area contributed by atoms with Gasteiger partial charge in [0.05, 0.1) is 12.1 Å². The topological polar surface area (TPSA) is 54.2 Å². The first-order valence-electron chi connectivity index (χ1n) is 7.07. The molecule has 0 fully saturated rings. The molecule has 0 aliphatic rings. The van der Waals surface area contributed by atoms with E-state index in [4.69, 9.17) is 0 Å². The van der Waals surface area contributed by atoms with Crippen LogP contribution in [0, 0.1) is 0 Å². The fourth-order valence-corrected chi connectivity index (χ4v) is 1.99. The molecular formula is C15H19F3IN5. The summed E-state index contributed by atoms with van der Waals surface area (Å²) in [5, 5.41) is 10.1. The zero-order valence-electron chi connectivity index (χ0n) is 13.0. The summed E-state index contributed by atoms with van der Waals surface area (Å²) in [6, 6.07) is 7.05. The van der Waals surface area contributed by atoms with Crippen molar-refractivity contribution in [1.82, 2.24) is 20.4 Å². The van der Waals surface area contributed by atoms with Gasteiger partial charge in [0, 0.05) is 32.5 Å². The molecule has 1 heterocycles. The maximum absolute atomic E-state index is 12.7. The summed E-state index contributed by atoms with van der Waals surface area (Å²) in [4.78, 5) is 4.04. The Kier molecular flexibility index (Phi) is 8.02. The molecule has 2 rings (SSSR count). The van der Waals surface area contributed by atoms with E-state index in [9.17, 15) is 13.2 Å². The van der Waals surface area contributed by atoms with E-state index in [0.29, 0.717) is 24.6 Å². The van der Waals surface area contributed by atoms with Crippen LogP contribution in [0.15, 0.2) is 47.7 Å². The SMILES string of the molecule is CN=C(NCCn1cccn1)NCc1cccc(C(F)(F)F)c1.I. The minimum absolute atomic E-state index is 0. The van der Waals surface area contributed by atoms with E-state index in [2.05, 4.69) is 20.7 Å². The standard InChI is InChI=1S/C15H18F3N5.HI/c1-19-14(20-7-9-23-8-3-6-22-23)21-11-12-4-2-5-13(10-12)15(16,17)18;/h2-6,8,10H,7,9,11H2,1H3,(H2,19,20,21);1H. The molecule has 0 bridgehead atoms. The highest BCUT2D eigenvalue weighted by atomic mass is 127. The first kappa shape index (κ1) is 20.3. The first-order chi connectivity index (χ1) is 11.0. The van der Waals surface area contributed by atoms with Crippen LogP contribution >= 0.6 is 24.0 Å². The third-order valence-electron chi connectivity index (χ3n) is 3.13. The van der Waals surface area contributed by atoms with Crippen LogP contribution in [0.5, 0.6) is 0 Å². The van der Waals surface area contributed by atoms with Crippen LogP contribution in [-0.2, 0) is 19.3 Å². The predicted octanol–water partition coefficient (Wildman–Crippen LogP) is 2.89. The summed E-state index contributed by atoms with van der Waals surface area (Å²) >= 11 is 0. The molecule has 0 radical (unpaired) electrons. The molecule has 0 aliphatic carbocycles. The Morgan fingerprint density at radius 2 is 2.04 bits per heavy atom. The van der Waals surface area contributed by atoms with E-state index in [-0.39, 0.29) is 30.5 Å². The monoisotopic (exact) mass is 453 g/mol. The minimum atomic E-state index is -4.33. The third-order valence-corrected chi connectivity index (χ3v) is 3.13. The van der Waals surface area contributed by atoms with Crippen molar-refractivity contribution >= 4 is 29.9 Å². The van der Waals surface area contributed by atoms with Gasteiger partial charge in [0.15, 0.2) is 5.96 Å². The number of nitrogens with one attached hydrogen (secondary N) is 2. The van der Waals surface area contributed by atoms with Gasteiger partial charge in [-0.15, -0.1) is 24.0 Å². The van der Waals surface area contributed by atoms with Crippen molar-refractivity contribution < 1.29 is 13.2 Å². The molecule has 0 aliphatic heterocycles. The van der Waals surface area contributed by atoms with Gasteiger partial charge in [0.2, 0.25) is 0 Å². The fourth-order valence-electron chi connectivity index (χ4n) is 1.99. The average Bonchev–Trinajstić information content (AvgIpc) is 3.03. The van der Waals surface area contributed by atoms with Crippen molar-refractivity contribution in [3.63, 3.8) is 0 Å². The number of hydrogen-bond donors (Lipinski definition) is 2. The molecule has 0 amide bonds. The number of hydrogen-bond acceptors (Lipinski definition) is 2. The minimum Gasteiger partial charge on any atom is -0.355 e. The molecule has 0 atom stereocenters. The number of alkyl halides is 3. The van der Waals surface area contributed by atoms with Gasteiger partial charge in [-0.1, -0.05) is 12.1 Å². The molecule has 0 unspecified atom stereocenters. The second kappa shape index (κ2) is 9.50. The molecule has 2 N–H and O–H groups in total. The quantitative estimate of drug-likeness (QED) is 0.416. The Morgan fingerprint density at radius 1 is 1.25 bits per heavy atom. The highest BCUT2D eigenvalue weighted by Crippen LogP contribution is 2.29. The number of aliphatic imine (C=N–C) groups is 1. The molecule has 24 heavy (non-hydrogen) atoms. The summed E-state index contributed by atoms with van der Waals surface area (Å²) in [5.41, 5.74) is -0.117. The third kappa shape index (κ3) is 6.38. The van der Waals surface area contributed by atoms with Crippen molar-refractivity contribution in [1.29, 1.82) is 0 Å². The highest BCUT2D eigenvalue weighted by Gasteiger charge is 2.30. The maximum Gasteiger partial charge on any atom is 0.416 e. The van der Waals surface area contributed by atoms with Crippen LogP contribution in [0.4, 0.5) is 13.2 Å². The normalized spacial score (nSPS) is 11.8. The second-order valence-electron chi connectivity index (χ2n) is 4.82. The molecule has 9 heteroatoms. The number of rotatable bonds is 5. The van der Waals surface area contributed by atoms with Crippen molar-refractivity contribution in [2.75, 3.05) is 13.6 Å². The Morgan fingerprint density at radius 3 is 2.67 bits per heavy atom. The van der Waals surface area contributed by atoms with Gasteiger partial charge in [-0.25, -0.2) is 0 Å². The Balaban J connectivity index is 0.00000288. The second-order valence-corrected chi connectivity index (χ2v) is 4.82. The number of aromatic nitrogens is 2.